The first-order chi connectivity index (χ1) is 12.3. The number of amides is 1. The minimum absolute atomic E-state index is 0.117. The van der Waals surface area contributed by atoms with Crippen LogP contribution in [0.1, 0.15) is 45.6 Å². The van der Waals surface area contributed by atoms with Gasteiger partial charge in [0.05, 0.1) is 4.91 Å². The average molecular weight is 432 g/mol. The van der Waals surface area contributed by atoms with Gasteiger partial charge in [-0.05, 0) is 66.1 Å². The normalized spacial score (nSPS) is 34.2. The van der Waals surface area contributed by atoms with Crippen LogP contribution in [0.15, 0.2) is 43.8 Å². The predicted molar refractivity (Wildman–Crippen MR) is 112 cm³/mol. The Morgan fingerprint density at radius 3 is 2.77 bits per heavy atom. The van der Waals surface area contributed by atoms with Crippen LogP contribution in [0.25, 0.3) is 6.08 Å². The number of nitrogens with one attached hydrogen (secondary N) is 1. The first kappa shape index (κ1) is 18.0. The highest BCUT2D eigenvalue weighted by Crippen LogP contribution is 2.64. The van der Waals surface area contributed by atoms with Crippen molar-refractivity contribution in [2.75, 3.05) is 0 Å². The number of halogens is 1. The van der Waals surface area contributed by atoms with E-state index in [4.69, 9.17) is 0 Å². The summed E-state index contributed by atoms with van der Waals surface area (Å²) in [6.45, 7) is 7.02. The molecule has 1 aromatic rings. The highest BCUT2D eigenvalue weighted by Gasteiger charge is 2.60. The Kier molecular flexibility index (Phi) is 4.39. The number of carbonyl (C=O) groups excluding carboxylic acids is 1. The summed E-state index contributed by atoms with van der Waals surface area (Å²) in [4.78, 5) is 12.9. The van der Waals surface area contributed by atoms with Gasteiger partial charge in [-0.15, -0.1) is 5.10 Å². The second kappa shape index (κ2) is 6.34. The molecule has 3 fully saturated rings. The van der Waals surface area contributed by atoms with Crippen LogP contribution in [0.3, 0.4) is 0 Å². The Balaban J connectivity index is 1.55. The zero-order valence-electron chi connectivity index (χ0n) is 15.2. The molecule has 2 atom stereocenters. The molecule has 136 valence electrons. The number of hydrogen-bond donors (Lipinski definition) is 1. The second-order valence-corrected chi connectivity index (χ2v) is 10.0. The number of benzene rings is 1. The highest BCUT2D eigenvalue weighted by atomic mass is 79.9. The molecule has 1 saturated heterocycles. The van der Waals surface area contributed by atoms with Gasteiger partial charge >= 0.3 is 0 Å². The molecule has 2 bridgehead atoms. The van der Waals surface area contributed by atoms with E-state index in [0.29, 0.717) is 16.0 Å². The fraction of sp³-hybridized carbons (Fsp3) is 0.450. The molecule has 3 aliphatic rings. The molecule has 6 heteroatoms. The predicted octanol–water partition coefficient (Wildman–Crippen LogP) is 5.21. The highest BCUT2D eigenvalue weighted by molar-refractivity contribution is 9.10. The maximum Gasteiger partial charge on any atom is 0.264 e. The number of carbonyl (C=O) groups is 1. The molecule has 4 nitrogen and oxygen atoms in total. The monoisotopic (exact) mass is 431 g/mol. The zero-order valence-corrected chi connectivity index (χ0v) is 17.6. The molecule has 0 aromatic heterocycles. The molecule has 1 amide bonds. The smallest absolute Gasteiger partial charge is 0.264 e. The van der Waals surface area contributed by atoms with E-state index in [0.717, 1.165) is 16.5 Å². The van der Waals surface area contributed by atoms with E-state index >= 15 is 0 Å². The van der Waals surface area contributed by atoms with Crippen LogP contribution in [-0.2, 0) is 4.79 Å². The van der Waals surface area contributed by atoms with Gasteiger partial charge in [-0.25, -0.2) is 0 Å². The standard InChI is InChI=1S/C20H22BrN3OS/c1-19(2)13-7-8-20(19,3)16(11-13)23-24-18-22-17(25)15(26-18)10-12-5-4-6-14(21)9-12/h4-6,9-10,13H,7-8,11H2,1-3H3,(H,22,24,25)/b15-10+,23-16-/t13-,20-/m1/s1. The number of hydrogen-bond acceptors (Lipinski definition) is 4. The van der Waals surface area contributed by atoms with Gasteiger partial charge in [-0.2, -0.15) is 5.10 Å². The molecule has 0 unspecified atom stereocenters. The molecule has 1 aliphatic heterocycles. The minimum Gasteiger partial charge on any atom is -0.299 e. The summed E-state index contributed by atoms with van der Waals surface area (Å²) in [5.41, 5.74) is 2.57. The molecule has 26 heavy (non-hydrogen) atoms. The first-order valence-corrected chi connectivity index (χ1v) is 10.5. The van der Waals surface area contributed by atoms with Crippen LogP contribution in [-0.4, -0.2) is 16.8 Å². The van der Waals surface area contributed by atoms with Crippen molar-refractivity contribution in [3.05, 3.63) is 39.2 Å². The van der Waals surface area contributed by atoms with Crippen LogP contribution in [0.2, 0.25) is 0 Å². The van der Waals surface area contributed by atoms with Crippen molar-refractivity contribution in [2.45, 2.75) is 40.0 Å². The van der Waals surface area contributed by atoms with E-state index in [1.165, 1.54) is 30.3 Å². The molecule has 2 saturated carbocycles. The number of fused-ring (bicyclic) bond motifs is 2. The maximum atomic E-state index is 12.2. The molecule has 0 radical (unpaired) electrons. The summed E-state index contributed by atoms with van der Waals surface area (Å²) in [5.74, 6) is 0.581. The minimum atomic E-state index is -0.117. The van der Waals surface area contributed by atoms with Crippen LogP contribution in [0.5, 0.6) is 0 Å². The molecule has 1 aromatic carbocycles. The average Bonchev–Trinajstić information content (AvgIpc) is 3.10. The lowest BCUT2D eigenvalue weighted by Gasteiger charge is -2.34. The second-order valence-electron chi connectivity index (χ2n) is 8.07. The lowest BCUT2D eigenvalue weighted by atomic mass is 9.70. The van der Waals surface area contributed by atoms with E-state index in [9.17, 15) is 4.79 Å². The van der Waals surface area contributed by atoms with Crippen molar-refractivity contribution in [1.29, 1.82) is 0 Å². The van der Waals surface area contributed by atoms with E-state index in [1.807, 2.05) is 30.3 Å². The van der Waals surface area contributed by atoms with Gasteiger partial charge in [0.15, 0.2) is 5.17 Å². The topological polar surface area (TPSA) is 53.8 Å². The number of nitrogens with zero attached hydrogens (tertiary/aromatic N) is 2. The summed E-state index contributed by atoms with van der Waals surface area (Å²) in [7, 11) is 0. The van der Waals surface area contributed by atoms with Gasteiger partial charge in [0.1, 0.15) is 0 Å². The van der Waals surface area contributed by atoms with Gasteiger partial charge in [0, 0.05) is 15.6 Å². The lowest BCUT2D eigenvalue weighted by Crippen LogP contribution is -2.32. The van der Waals surface area contributed by atoms with E-state index < -0.39 is 0 Å². The summed E-state index contributed by atoms with van der Waals surface area (Å²) < 4.78 is 0.989. The Morgan fingerprint density at radius 2 is 2.12 bits per heavy atom. The number of thioether (sulfide) groups is 1. The van der Waals surface area contributed by atoms with Crippen molar-refractivity contribution in [3.63, 3.8) is 0 Å². The van der Waals surface area contributed by atoms with Gasteiger partial charge in [-0.3, -0.25) is 10.1 Å². The number of amidine groups is 1. The first-order valence-electron chi connectivity index (χ1n) is 8.91. The van der Waals surface area contributed by atoms with Crippen molar-refractivity contribution < 1.29 is 4.79 Å². The SMILES string of the molecule is CC1(C)[C@@H]2CC[C@]1(C)/C(=N\N=C1/NC(=O)/C(=C\c3cccc(Br)c3)S1)C2. The van der Waals surface area contributed by atoms with E-state index in [2.05, 4.69) is 52.2 Å². The van der Waals surface area contributed by atoms with Crippen molar-refractivity contribution in [3.8, 4) is 0 Å². The number of rotatable bonds is 2. The van der Waals surface area contributed by atoms with Crippen molar-refractivity contribution in [1.82, 2.24) is 5.32 Å². The zero-order chi connectivity index (χ0) is 18.5. The van der Waals surface area contributed by atoms with Crippen LogP contribution in [0.4, 0.5) is 0 Å². The Hall–Kier alpha value is -1.40. The Labute approximate surface area is 166 Å². The van der Waals surface area contributed by atoms with Crippen molar-refractivity contribution in [2.24, 2.45) is 27.0 Å². The largest absolute Gasteiger partial charge is 0.299 e. The molecule has 4 rings (SSSR count). The van der Waals surface area contributed by atoms with Gasteiger partial charge < -0.3 is 0 Å². The Bertz CT molecular complexity index is 874. The molecular weight excluding hydrogens is 410 g/mol. The van der Waals surface area contributed by atoms with Gasteiger partial charge in [-0.1, -0.05) is 48.8 Å². The van der Waals surface area contributed by atoms with Gasteiger partial charge in [0.2, 0.25) is 0 Å². The molecule has 1 N–H and O–H groups in total. The molecule has 1 heterocycles. The van der Waals surface area contributed by atoms with E-state index in [-0.39, 0.29) is 16.7 Å². The third-order valence-corrected chi connectivity index (χ3v) is 7.96. The van der Waals surface area contributed by atoms with Crippen LogP contribution in [0, 0.1) is 16.7 Å². The molecule has 0 spiro atoms. The summed E-state index contributed by atoms with van der Waals surface area (Å²) >= 11 is 4.80. The van der Waals surface area contributed by atoms with Crippen LogP contribution >= 0.6 is 27.7 Å². The quantitative estimate of drug-likeness (QED) is 0.515. The van der Waals surface area contributed by atoms with Gasteiger partial charge in [0.25, 0.3) is 5.91 Å². The fourth-order valence-electron chi connectivity index (χ4n) is 4.41. The Morgan fingerprint density at radius 1 is 1.31 bits per heavy atom. The lowest BCUT2D eigenvalue weighted by molar-refractivity contribution is -0.115. The third-order valence-electron chi connectivity index (χ3n) is 6.57. The van der Waals surface area contributed by atoms with Crippen LogP contribution < -0.4 is 5.32 Å². The van der Waals surface area contributed by atoms with E-state index in [1.54, 1.807) is 0 Å². The van der Waals surface area contributed by atoms with Crippen molar-refractivity contribution >= 4 is 50.6 Å². The molecular formula is C20H22BrN3OS. The summed E-state index contributed by atoms with van der Waals surface area (Å²) in [6.07, 6.45) is 5.37. The summed E-state index contributed by atoms with van der Waals surface area (Å²) in [6, 6.07) is 7.87. The fourth-order valence-corrected chi connectivity index (χ4v) is 5.60. The molecule has 2 aliphatic carbocycles. The maximum absolute atomic E-state index is 12.2. The summed E-state index contributed by atoms with van der Waals surface area (Å²) in [5, 5.41) is 12.3. The third kappa shape index (κ3) is 2.87.